The Balaban J connectivity index is 1.52. The van der Waals surface area contributed by atoms with Gasteiger partial charge in [0.25, 0.3) is 0 Å². The number of nitrogens with one attached hydrogen (secondary N) is 2. The number of anilines is 3. The van der Waals surface area contributed by atoms with Gasteiger partial charge in [0.15, 0.2) is 5.82 Å². The van der Waals surface area contributed by atoms with E-state index in [0.29, 0.717) is 30.2 Å². The zero-order valence-electron chi connectivity index (χ0n) is 15.6. The predicted molar refractivity (Wildman–Crippen MR) is 115 cm³/mol. The standard InChI is InChI=1S/C22H19N7/c23-13-15-8-9-20(27-14-15)25-10-11-26-22-18-6-1-2-7-19(18)28-21(29-22)16-4-3-5-17(24)12-16/h1-9,12,14H,10-11,24H2,(H,25,27)(H,26,28,29). The highest BCUT2D eigenvalue weighted by Crippen LogP contribution is 2.25. The summed E-state index contributed by atoms with van der Waals surface area (Å²) in [6, 6.07) is 21.0. The van der Waals surface area contributed by atoms with E-state index in [-0.39, 0.29) is 0 Å². The average Bonchev–Trinajstić information content (AvgIpc) is 2.77. The molecule has 0 saturated heterocycles. The maximum atomic E-state index is 8.84. The quantitative estimate of drug-likeness (QED) is 0.345. The first-order valence-corrected chi connectivity index (χ1v) is 9.19. The van der Waals surface area contributed by atoms with Crippen LogP contribution in [0.4, 0.5) is 17.3 Å². The Kier molecular flexibility index (Phi) is 5.16. The third-order valence-corrected chi connectivity index (χ3v) is 4.36. The number of pyridine rings is 1. The molecule has 2 aromatic carbocycles. The molecule has 0 spiro atoms. The van der Waals surface area contributed by atoms with Gasteiger partial charge in [-0.3, -0.25) is 0 Å². The van der Waals surface area contributed by atoms with Crippen LogP contribution in [0.3, 0.4) is 0 Å². The van der Waals surface area contributed by atoms with E-state index in [2.05, 4.69) is 26.7 Å². The number of fused-ring (bicyclic) bond motifs is 1. The molecule has 142 valence electrons. The van der Waals surface area contributed by atoms with Crippen LogP contribution in [-0.2, 0) is 0 Å². The molecule has 7 heteroatoms. The van der Waals surface area contributed by atoms with Gasteiger partial charge in [0, 0.05) is 35.9 Å². The molecule has 7 nitrogen and oxygen atoms in total. The maximum Gasteiger partial charge on any atom is 0.162 e. The number of hydrogen-bond acceptors (Lipinski definition) is 7. The van der Waals surface area contributed by atoms with Crippen LogP contribution in [0.2, 0.25) is 0 Å². The van der Waals surface area contributed by atoms with E-state index in [1.54, 1.807) is 18.3 Å². The monoisotopic (exact) mass is 381 g/mol. The van der Waals surface area contributed by atoms with Crippen LogP contribution in [0.1, 0.15) is 5.56 Å². The molecular formula is C22H19N7. The number of rotatable bonds is 6. The first-order valence-electron chi connectivity index (χ1n) is 9.19. The van der Waals surface area contributed by atoms with Crippen LogP contribution in [-0.4, -0.2) is 28.0 Å². The normalized spacial score (nSPS) is 10.4. The summed E-state index contributed by atoms with van der Waals surface area (Å²) in [6.45, 7) is 1.28. The van der Waals surface area contributed by atoms with Gasteiger partial charge in [-0.25, -0.2) is 15.0 Å². The highest BCUT2D eigenvalue weighted by atomic mass is 15.1. The Hall–Kier alpha value is -4.18. The molecule has 4 N–H and O–H groups in total. The van der Waals surface area contributed by atoms with Gasteiger partial charge < -0.3 is 16.4 Å². The molecule has 2 heterocycles. The molecule has 0 fully saturated rings. The van der Waals surface area contributed by atoms with Crippen molar-refractivity contribution in [1.29, 1.82) is 5.26 Å². The number of para-hydroxylation sites is 1. The van der Waals surface area contributed by atoms with Gasteiger partial charge in [0.1, 0.15) is 17.7 Å². The molecule has 0 aliphatic rings. The van der Waals surface area contributed by atoms with Crippen molar-refractivity contribution in [3.63, 3.8) is 0 Å². The van der Waals surface area contributed by atoms with Crippen molar-refractivity contribution in [1.82, 2.24) is 15.0 Å². The van der Waals surface area contributed by atoms with Gasteiger partial charge in [-0.15, -0.1) is 0 Å². The summed E-state index contributed by atoms with van der Waals surface area (Å²) in [5.41, 5.74) is 8.87. The summed E-state index contributed by atoms with van der Waals surface area (Å²) >= 11 is 0. The van der Waals surface area contributed by atoms with Crippen LogP contribution in [0.5, 0.6) is 0 Å². The van der Waals surface area contributed by atoms with Crippen LogP contribution in [0.25, 0.3) is 22.3 Å². The lowest BCUT2D eigenvalue weighted by atomic mass is 10.1. The van der Waals surface area contributed by atoms with Crippen molar-refractivity contribution < 1.29 is 0 Å². The van der Waals surface area contributed by atoms with Crippen molar-refractivity contribution >= 4 is 28.2 Å². The number of nitriles is 1. The molecule has 0 aliphatic heterocycles. The molecule has 4 rings (SSSR count). The van der Waals surface area contributed by atoms with E-state index in [4.69, 9.17) is 16.0 Å². The highest BCUT2D eigenvalue weighted by molar-refractivity contribution is 5.90. The molecule has 29 heavy (non-hydrogen) atoms. The number of aromatic nitrogens is 3. The Morgan fingerprint density at radius 2 is 1.79 bits per heavy atom. The van der Waals surface area contributed by atoms with Crippen LogP contribution < -0.4 is 16.4 Å². The fourth-order valence-electron chi connectivity index (χ4n) is 2.95. The number of nitrogens with two attached hydrogens (primary N) is 1. The molecule has 0 aliphatic carbocycles. The second kappa shape index (κ2) is 8.23. The van der Waals surface area contributed by atoms with Gasteiger partial charge in [0.05, 0.1) is 11.1 Å². The minimum atomic E-state index is 0.537. The Morgan fingerprint density at radius 3 is 2.59 bits per heavy atom. The van der Waals surface area contributed by atoms with Gasteiger partial charge in [0.2, 0.25) is 0 Å². The second-order valence-corrected chi connectivity index (χ2v) is 6.44. The minimum absolute atomic E-state index is 0.537. The van der Waals surface area contributed by atoms with E-state index < -0.39 is 0 Å². The lowest BCUT2D eigenvalue weighted by Gasteiger charge is -2.12. The topological polar surface area (TPSA) is 113 Å². The lowest BCUT2D eigenvalue weighted by molar-refractivity contribution is 1.04. The molecule has 4 aromatic rings. The maximum absolute atomic E-state index is 8.84. The molecule has 0 unspecified atom stereocenters. The number of benzene rings is 2. The van der Waals surface area contributed by atoms with Crippen LogP contribution in [0, 0.1) is 11.3 Å². The van der Waals surface area contributed by atoms with Crippen molar-refractivity contribution in [3.05, 3.63) is 72.4 Å². The van der Waals surface area contributed by atoms with Crippen molar-refractivity contribution in [2.45, 2.75) is 0 Å². The molecule has 0 amide bonds. The first-order chi connectivity index (χ1) is 14.2. The molecule has 0 saturated carbocycles. The molecule has 2 aromatic heterocycles. The summed E-state index contributed by atoms with van der Waals surface area (Å²) < 4.78 is 0. The van der Waals surface area contributed by atoms with Crippen molar-refractivity contribution in [2.24, 2.45) is 0 Å². The fourth-order valence-corrected chi connectivity index (χ4v) is 2.95. The average molecular weight is 381 g/mol. The van der Waals surface area contributed by atoms with E-state index in [0.717, 1.165) is 28.1 Å². The lowest BCUT2D eigenvalue weighted by Crippen LogP contribution is -2.15. The van der Waals surface area contributed by atoms with E-state index in [1.165, 1.54) is 0 Å². The summed E-state index contributed by atoms with van der Waals surface area (Å²) in [5.74, 6) is 2.11. The predicted octanol–water partition coefficient (Wildman–Crippen LogP) is 3.67. The number of nitrogens with zero attached hydrogens (tertiary/aromatic N) is 4. The summed E-state index contributed by atoms with van der Waals surface area (Å²) in [7, 11) is 0. The summed E-state index contributed by atoms with van der Waals surface area (Å²) in [5, 5.41) is 16.4. The van der Waals surface area contributed by atoms with E-state index in [9.17, 15) is 0 Å². The molecule has 0 bridgehead atoms. The molecule has 0 radical (unpaired) electrons. The second-order valence-electron chi connectivity index (χ2n) is 6.44. The number of nitrogen functional groups attached to an aromatic ring is 1. The Labute approximate surface area is 168 Å². The Morgan fingerprint density at radius 1 is 0.931 bits per heavy atom. The third kappa shape index (κ3) is 4.22. The third-order valence-electron chi connectivity index (χ3n) is 4.36. The van der Waals surface area contributed by atoms with Crippen molar-refractivity contribution in [2.75, 3.05) is 29.5 Å². The van der Waals surface area contributed by atoms with Gasteiger partial charge in [-0.2, -0.15) is 5.26 Å². The smallest absolute Gasteiger partial charge is 0.162 e. The van der Waals surface area contributed by atoms with Gasteiger partial charge in [-0.05, 0) is 36.4 Å². The van der Waals surface area contributed by atoms with Crippen molar-refractivity contribution in [3.8, 4) is 17.5 Å². The Bertz CT molecular complexity index is 1180. The first kappa shape index (κ1) is 18.2. The fraction of sp³-hybridized carbons (Fsp3) is 0.0909. The van der Waals surface area contributed by atoms with Crippen LogP contribution >= 0.6 is 0 Å². The van der Waals surface area contributed by atoms with Gasteiger partial charge in [-0.1, -0.05) is 24.3 Å². The van der Waals surface area contributed by atoms with E-state index >= 15 is 0 Å². The largest absolute Gasteiger partial charge is 0.399 e. The van der Waals surface area contributed by atoms with E-state index in [1.807, 2.05) is 48.5 Å². The summed E-state index contributed by atoms with van der Waals surface area (Å²) in [4.78, 5) is 13.6. The summed E-state index contributed by atoms with van der Waals surface area (Å²) in [6.07, 6.45) is 1.55. The highest BCUT2D eigenvalue weighted by Gasteiger charge is 2.09. The van der Waals surface area contributed by atoms with Crippen LogP contribution in [0.15, 0.2) is 66.9 Å². The van der Waals surface area contributed by atoms with Gasteiger partial charge >= 0.3 is 0 Å². The number of hydrogen-bond donors (Lipinski definition) is 3. The molecule has 0 atom stereocenters. The zero-order chi connectivity index (χ0) is 20.1. The zero-order valence-corrected chi connectivity index (χ0v) is 15.6. The SMILES string of the molecule is N#Cc1ccc(NCCNc2nc(-c3cccc(N)c3)nc3ccccc23)nc1. The molecular weight excluding hydrogens is 362 g/mol. The minimum Gasteiger partial charge on any atom is -0.399 e.